The number of aliphatic hydroxyl groups excluding tert-OH is 1. The number of nitrogens with zero attached hydrogens (tertiary/aromatic N) is 4. The first-order valence-corrected chi connectivity index (χ1v) is 12.8. The molecule has 2 aliphatic carbocycles. The van der Waals surface area contributed by atoms with Gasteiger partial charge in [-0.1, -0.05) is 0 Å². The predicted molar refractivity (Wildman–Crippen MR) is 134 cm³/mol. The Labute approximate surface area is 209 Å². The molecule has 0 amide bonds. The minimum absolute atomic E-state index is 0.0483. The van der Waals surface area contributed by atoms with Gasteiger partial charge in [-0.2, -0.15) is 4.98 Å². The lowest BCUT2D eigenvalue weighted by Gasteiger charge is -2.36. The Morgan fingerprint density at radius 3 is 2.39 bits per heavy atom. The molecule has 1 aromatic carbocycles. The van der Waals surface area contributed by atoms with Crippen molar-refractivity contribution in [2.75, 3.05) is 10.6 Å². The first kappa shape index (κ1) is 24.8. The van der Waals surface area contributed by atoms with Gasteiger partial charge < -0.3 is 20.8 Å². The molecule has 2 fully saturated rings. The zero-order valence-corrected chi connectivity index (χ0v) is 20.7. The van der Waals surface area contributed by atoms with Gasteiger partial charge in [0.25, 0.3) is 0 Å². The number of benzene rings is 1. The Morgan fingerprint density at radius 1 is 1.00 bits per heavy atom. The van der Waals surface area contributed by atoms with E-state index in [2.05, 4.69) is 20.6 Å². The monoisotopic (exact) mass is 500 g/mol. The molecular formula is C26H34F2N6O2. The summed E-state index contributed by atoms with van der Waals surface area (Å²) in [4.78, 5) is 13.9. The smallest absolute Gasteiger partial charge is 0.224 e. The van der Waals surface area contributed by atoms with Gasteiger partial charge in [0.05, 0.1) is 23.6 Å². The molecule has 0 unspecified atom stereocenters. The largest absolute Gasteiger partial charge is 0.393 e. The number of anilines is 3. The molecule has 0 radical (unpaired) electrons. The number of hydrogen-bond acceptors (Lipinski definition) is 7. The standard InChI is InChI=1S/C26H34F2N6O2/c1-26(2,36)15-3-8-18(9-4-15)34-23-22(32-25(34)31-21-12-5-16(27)13-20(21)28)14-29-24(33-23)30-17-6-10-19(35)11-7-17/h5,12-15,17-19,35-36H,3-4,6-11H2,1-2H3,(H,31,32)(H,29,30,33)/t15?,17-,18?,19-. The summed E-state index contributed by atoms with van der Waals surface area (Å²) >= 11 is 0. The van der Waals surface area contributed by atoms with Gasteiger partial charge in [0.1, 0.15) is 17.2 Å². The fourth-order valence-electron chi connectivity index (χ4n) is 5.55. The molecule has 0 atom stereocenters. The Morgan fingerprint density at radius 2 is 1.72 bits per heavy atom. The highest BCUT2D eigenvalue weighted by Gasteiger charge is 2.33. The summed E-state index contributed by atoms with van der Waals surface area (Å²) in [5, 5.41) is 26.7. The van der Waals surface area contributed by atoms with Crippen LogP contribution in [0.5, 0.6) is 0 Å². The van der Waals surface area contributed by atoms with Crippen LogP contribution in [0, 0.1) is 17.6 Å². The van der Waals surface area contributed by atoms with Gasteiger partial charge in [0.15, 0.2) is 5.65 Å². The Bertz CT molecular complexity index is 1210. The van der Waals surface area contributed by atoms with Crippen molar-refractivity contribution in [3.63, 3.8) is 0 Å². The summed E-state index contributed by atoms with van der Waals surface area (Å²) in [6.45, 7) is 3.70. The van der Waals surface area contributed by atoms with E-state index in [0.29, 0.717) is 23.1 Å². The number of rotatable bonds is 6. The van der Waals surface area contributed by atoms with Crippen LogP contribution in [0.4, 0.5) is 26.4 Å². The fraction of sp³-hybridized carbons (Fsp3) is 0.577. The van der Waals surface area contributed by atoms with Crippen molar-refractivity contribution in [2.24, 2.45) is 5.92 Å². The second-order valence-electron chi connectivity index (χ2n) is 10.8. The molecule has 2 aromatic heterocycles. The van der Waals surface area contributed by atoms with E-state index in [0.717, 1.165) is 57.4 Å². The molecule has 194 valence electrons. The summed E-state index contributed by atoms with van der Waals surface area (Å²) in [7, 11) is 0. The van der Waals surface area contributed by atoms with E-state index < -0.39 is 17.2 Å². The highest BCUT2D eigenvalue weighted by Crippen LogP contribution is 2.40. The van der Waals surface area contributed by atoms with Crippen molar-refractivity contribution >= 4 is 28.7 Å². The summed E-state index contributed by atoms with van der Waals surface area (Å²) in [5.74, 6) is -0.229. The molecule has 3 aromatic rings. The molecule has 2 heterocycles. The molecule has 0 bridgehead atoms. The van der Waals surface area contributed by atoms with Gasteiger partial charge in [-0.3, -0.25) is 4.57 Å². The van der Waals surface area contributed by atoms with Crippen molar-refractivity contribution in [3.8, 4) is 0 Å². The maximum Gasteiger partial charge on any atom is 0.224 e. The van der Waals surface area contributed by atoms with Crippen molar-refractivity contribution in [1.29, 1.82) is 0 Å². The van der Waals surface area contributed by atoms with E-state index in [4.69, 9.17) is 4.98 Å². The minimum atomic E-state index is -0.743. The molecule has 0 aliphatic heterocycles. The molecule has 2 saturated carbocycles. The van der Waals surface area contributed by atoms with Crippen LogP contribution in [0.3, 0.4) is 0 Å². The topological polar surface area (TPSA) is 108 Å². The summed E-state index contributed by atoms with van der Waals surface area (Å²) in [6, 6.07) is 3.64. The second kappa shape index (κ2) is 9.89. The fourth-order valence-corrected chi connectivity index (χ4v) is 5.55. The van der Waals surface area contributed by atoms with Crippen molar-refractivity contribution in [2.45, 2.75) is 89.0 Å². The third kappa shape index (κ3) is 5.29. The van der Waals surface area contributed by atoms with Crippen LogP contribution in [-0.2, 0) is 0 Å². The van der Waals surface area contributed by atoms with Crippen LogP contribution in [0.25, 0.3) is 11.2 Å². The van der Waals surface area contributed by atoms with Crippen molar-refractivity contribution in [1.82, 2.24) is 19.5 Å². The summed E-state index contributed by atoms with van der Waals surface area (Å²) < 4.78 is 29.9. The highest BCUT2D eigenvalue weighted by molar-refractivity contribution is 5.76. The first-order valence-electron chi connectivity index (χ1n) is 12.8. The van der Waals surface area contributed by atoms with Crippen LogP contribution in [0.2, 0.25) is 0 Å². The Balaban J connectivity index is 1.48. The minimum Gasteiger partial charge on any atom is -0.393 e. The average molecular weight is 501 g/mol. The van der Waals surface area contributed by atoms with Gasteiger partial charge >= 0.3 is 0 Å². The van der Waals surface area contributed by atoms with Crippen molar-refractivity contribution in [3.05, 3.63) is 36.0 Å². The zero-order chi connectivity index (χ0) is 25.4. The van der Waals surface area contributed by atoms with Gasteiger partial charge in [-0.25, -0.2) is 18.7 Å². The zero-order valence-electron chi connectivity index (χ0n) is 20.7. The lowest BCUT2D eigenvalue weighted by atomic mass is 9.77. The van der Waals surface area contributed by atoms with Crippen molar-refractivity contribution < 1.29 is 19.0 Å². The predicted octanol–water partition coefficient (Wildman–Crippen LogP) is 5.07. The number of aromatic nitrogens is 4. The van der Waals surface area contributed by atoms with E-state index in [9.17, 15) is 19.0 Å². The van der Waals surface area contributed by atoms with Crippen LogP contribution in [-0.4, -0.2) is 47.5 Å². The molecule has 8 nitrogen and oxygen atoms in total. The lowest BCUT2D eigenvalue weighted by Crippen LogP contribution is -2.34. The number of fused-ring (bicyclic) bond motifs is 1. The maximum atomic E-state index is 14.5. The van der Waals surface area contributed by atoms with E-state index in [1.807, 2.05) is 18.4 Å². The number of aliphatic hydroxyl groups is 2. The van der Waals surface area contributed by atoms with Gasteiger partial charge in [-0.15, -0.1) is 0 Å². The molecule has 4 N–H and O–H groups in total. The number of hydrogen-bond donors (Lipinski definition) is 4. The number of halogens is 2. The molecule has 0 spiro atoms. The van der Waals surface area contributed by atoms with Crippen LogP contribution in [0.1, 0.15) is 71.3 Å². The average Bonchev–Trinajstić information content (AvgIpc) is 3.19. The lowest BCUT2D eigenvalue weighted by molar-refractivity contribution is -0.00457. The third-order valence-electron chi connectivity index (χ3n) is 7.70. The van der Waals surface area contributed by atoms with E-state index in [1.165, 1.54) is 12.1 Å². The van der Waals surface area contributed by atoms with E-state index in [-0.39, 0.29) is 29.8 Å². The van der Waals surface area contributed by atoms with Crippen LogP contribution < -0.4 is 10.6 Å². The van der Waals surface area contributed by atoms with Crippen LogP contribution >= 0.6 is 0 Å². The summed E-state index contributed by atoms with van der Waals surface area (Å²) in [6.07, 6.45) is 7.93. The summed E-state index contributed by atoms with van der Waals surface area (Å²) in [5.41, 5.74) is 0.604. The number of nitrogens with one attached hydrogen (secondary N) is 2. The second-order valence-corrected chi connectivity index (χ2v) is 10.8. The number of imidazole rings is 1. The molecule has 10 heteroatoms. The molecule has 0 saturated heterocycles. The first-order chi connectivity index (χ1) is 17.2. The Hall–Kier alpha value is -2.85. The molecule has 2 aliphatic rings. The quantitative estimate of drug-likeness (QED) is 0.374. The van der Waals surface area contributed by atoms with E-state index >= 15 is 0 Å². The highest BCUT2D eigenvalue weighted by atomic mass is 19.1. The molecule has 36 heavy (non-hydrogen) atoms. The SMILES string of the molecule is CC(C)(O)C1CCC(n2c(Nc3ccc(F)cc3F)nc3cnc(N[C@H]4CC[C@H](O)CC4)nc32)CC1. The van der Waals surface area contributed by atoms with Gasteiger partial charge in [-0.05, 0) is 83.3 Å². The third-order valence-corrected chi connectivity index (χ3v) is 7.70. The van der Waals surface area contributed by atoms with Gasteiger partial charge in [0, 0.05) is 18.2 Å². The van der Waals surface area contributed by atoms with E-state index in [1.54, 1.807) is 6.20 Å². The van der Waals surface area contributed by atoms with Crippen LogP contribution in [0.15, 0.2) is 24.4 Å². The maximum absolute atomic E-state index is 14.5. The van der Waals surface area contributed by atoms with Gasteiger partial charge in [0.2, 0.25) is 11.9 Å². The normalized spacial score (nSPS) is 25.2. The molecule has 5 rings (SSSR count). The molecular weight excluding hydrogens is 466 g/mol. The Kier molecular flexibility index (Phi) is 6.82.